The Morgan fingerprint density at radius 1 is 0.397 bits per heavy atom. The molecule has 1 atom stereocenters. The van der Waals surface area contributed by atoms with Gasteiger partial charge in [-0.05, 0) is 79.0 Å². The standard InChI is InChI=1S/C59H39N2O2/c1-5-18-39(19-6-1)45-26-13-14-27-47(45)58-60-51(41-20-7-2-8-21-41)38-52(61-58)42-34-32-40(33-35-42)46-29-17-31-53-56(46)62-54-37-36-50-55(57(54)63-53)48-28-15-16-30-49(48)59(50,43-22-9-3-10-23-43)44-24-11-4-12-25-44/h1-38,52H/q-1. The first-order valence-electron chi connectivity index (χ1n) is 21.4. The normalized spacial score (nSPS) is 15.2. The van der Waals surface area contributed by atoms with Gasteiger partial charge in [0.05, 0.1) is 5.41 Å². The molecule has 0 N–H and O–H groups in total. The summed E-state index contributed by atoms with van der Waals surface area (Å²) in [7, 11) is 0. The van der Waals surface area contributed by atoms with Crippen LogP contribution in [0.5, 0.6) is 23.0 Å². The highest BCUT2D eigenvalue weighted by Crippen LogP contribution is 2.62. The highest BCUT2D eigenvalue weighted by Gasteiger charge is 2.48. The van der Waals surface area contributed by atoms with Gasteiger partial charge in [0, 0.05) is 17.2 Å². The maximum absolute atomic E-state index is 7.01. The topological polar surface area (TPSA) is 44.9 Å². The average molecular weight is 808 g/mol. The lowest BCUT2D eigenvalue weighted by molar-refractivity contribution is 0.361. The number of ether oxygens (including phenoxy) is 2. The van der Waals surface area contributed by atoms with Gasteiger partial charge in [-0.3, -0.25) is 0 Å². The first-order valence-corrected chi connectivity index (χ1v) is 21.4. The van der Waals surface area contributed by atoms with Crippen molar-refractivity contribution in [3.05, 3.63) is 275 Å². The van der Waals surface area contributed by atoms with E-state index in [2.05, 4.69) is 206 Å². The Labute approximate surface area is 367 Å². The molecule has 298 valence electrons. The van der Waals surface area contributed by atoms with Gasteiger partial charge in [0.15, 0.2) is 23.0 Å². The molecule has 0 spiro atoms. The molecular weight excluding hydrogens is 769 g/mol. The molecule has 4 heteroatoms. The van der Waals surface area contributed by atoms with Crippen molar-refractivity contribution in [3.8, 4) is 56.4 Å². The van der Waals surface area contributed by atoms with Crippen LogP contribution in [0.3, 0.4) is 0 Å². The third-order valence-corrected chi connectivity index (χ3v) is 12.6. The number of hydrogen-bond donors (Lipinski definition) is 0. The smallest absolute Gasteiger partial charge is 0.178 e. The van der Waals surface area contributed by atoms with Crippen LogP contribution in [-0.2, 0) is 5.41 Å². The predicted molar refractivity (Wildman–Crippen MR) is 255 cm³/mol. The van der Waals surface area contributed by atoms with Crippen molar-refractivity contribution >= 4 is 11.5 Å². The fourth-order valence-electron chi connectivity index (χ4n) is 9.79. The molecule has 12 rings (SSSR count). The zero-order valence-corrected chi connectivity index (χ0v) is 34.2. The Morgan fingerprint density at radius 2 is 0.937 bits per heavy atom. The fourth-order valence-corrected chi connectivity index (χ4v) is 9.79. The Hall–Kier alpha value is -8.21. The maximum Gasteiger partial charge on any atom is 0.178 e. The van der Waals surface area contributed by atoms with E-state index in [1.54, 1.807) is 0 Å². The largest absolute Gasteiger partial charge is 0.454 e. The molecular formula is C59H39N2O2-. The summed E-state index contributed by atoms with van der Waals surface area (Å²) >= 11 is 0. The maximum atomic E-state index is 7.01. The van der Waals surface area contributed by atoms with Crippen LogP contribution in [0.4, 0.5) is 0 Å². The van der Waals surface area contributed by atoms with E-state index in [1.165, 1.54) is 22.3 Å². The van der Waals surface area contributed by atoms with Crippen LogP contribution in [0.25, 0.3) is 44.4 Å². The minimum absolute atomic E-state index is 0.245. The van der Waals surface area contributed by atoms with Crippen molar-refractivity contribution in [2.24, 2.45) is 4.99 Å². The van der Waals surface area contributed by atoms with Gasteiger partial charge in [-0.2, -0.15) is 0 Å². The number of rotatable bonds is 7. The molecule has 1 aliphatic carbocycles. The number of fused-ring (bicyclic) bond motifs is 6. The Morgan fingerprint density at radius 3 is 1.63 bits per heavy atom. The second-order valence-corrected chi connectivity index (χ2v) is 16.1. The molecule has 2 aliphatic heterocycles. The summed E-state index contributed by atoms with van der Waals surface area (Å²) in [6.45, 7) is 0. The first-order chi connectivity index (χ1) is 31.2. The fraction of sp³-hybridized carbons (Fsp3) is 0.0339. The monoisotopic (exact) mass is 807 g/mol. The van der Waals surface area contributed by atoms with E-state index in [0.29, 0.717) is 23.1 Å². The average Bonchev–Trinajstić information content (AvgIpc) is 3.68. The SMILES string of the molecule is C1=C(c2ccccc2)N=C(c2ccccc2-c2ccccc2)[N-]C1c1ccc(-c2cccc3c2Oc2ccc4c(c2O3)-c2ccccc2C4(c2ccccc2)c2ccccc2)cc1. The second kappa shape index (κ2) is 15.1. The van der Waals surface area contributed by atoms with Crippen LogP contribution >= 0.6 is 0 Å². The Balaban J connectivity index is 0.905. The van der Waals surface area contributed by atoms with E-state index in [4.69, 9.17) is 19.8 Å². The molecule has 63 heavy (non-hydrogen) atoms. The summed E-state index contributed by atoms with van der Waals surface area (Å²) in [5, 5.41) is 5.30. The van der Waals surface area contributed by atoms with E-state index in [1.807, 2.05) is 24.3 Å². The van der Waals surface area contributed by atoms with Crippen molar-refractivity contribution in [2.75, 3.05) is 0 Å². The number of benzene rings is 9. The van der Waals surface area contributed by atoms with Gasteiger partial charge in [0.1, 0.15) is 0 Å². The number of amidine groups is 1. The molecule has 4 nitrogen and oxygen atoms in total. The van der Waals surface area contributed by atoms with Gasteiger partial charge in [0.25, 0.3) is 0 Å². The molecule has 0 fully saturated rings. The molecule has 9 aromatic rings. The minimum atomic E-state index is -0.531. The summed E-state index contributed by atoms with van der Waals surface area (Å²) in [5.74, 6) is 3.52. The highest BCUT2D eigenvalue weighted by atomic mass is 16.6. The van der Waals surface area contributed by atoms with Crippen LogP contribution in [0.15, 0.2) is 236 Å². The molecule has 0 bridgehead atoms. The van der Waals surface area contributed by atoms with Gasteiger partial charge >= 0.3 is 0 Å². The third kappa shape index (κ3) is 6.02. The van der Waals surface area contributed by atoms with Crippen LogP contribution in [0, 0.1) is 0 Å². The van der Waals surface area contributed by atoms with Gasteiger partial charge in [0.2, 0.25) is 0 Å². The van der Waals surface area contributed by atoms with E-state index in [9.17, 15) is 0 Å². The number of hydrogen-bond acceptors (Lipinski definition) is 3. The molecule has 3 aliphatic rings. The van der Waals surface area contributed by atoms with Crippen LogP contribution < -0.4 is 9.47 Å². The predicted octanol–water partition coefficient (Wildman–Crippen LogP) is 15.2. The quantitative estimate of drug-likeness (QED) is 0.161. The zero-order valence-electron chi connectivity index (χ0n) is 34.2. The molecule has 1 unspecified atom stereocenters. The third-order valence-electron chi connectivity index (χ3n) is 12.6. The lowest BCUT2D eigenvalue weighted by Gasteiger charge is -2.34. The van der Waals surface area contributed by atoms with E-state index in [-0.39, 0.29) is 6.04 Å². The van der Waals surface area contributed by atoms with Crippen molar-refractivity contribution in [1.82, 2.24) is 0 Å². The van der Waals surface area contributed by atoms with Gasteiger partial charge in [-0.15, -0.1) is 0 Å². The summed E-state index contributed by atoms with van der Waals surface area (Å²) in [5.41, 5.74) is 14.7. The zero-order chi connectivity index (χ0) is 41.7. The molecule has 2 heterocycles. The molecule has 0 saturated carbocycles. The van der Waals surface area contributed by atoms with Gasteiger partial charge < -0.3 is 19.8 Å². The van der Waals surface area contributed by atoms with Gasteiger partial charge in [-0.1, -0.05) is 224 Å². The second-order valence-electron chi connectivity index (χ2n) is 16.1. The Bertz CT molecular complexity index is 3190. The minimum Gasteiger partial charge on any atom is -0.454 e. The lowest BCUT2D eigenvalue weighted by atomic mass is 9.68. The number of nitrogens with zero attached hydrogens (tertiary/aromatic N) is 2. The van der Waals surface area contributed by atoms with Crippen molar-refractivity contribution in [3.63, 3.8) is 0 Å². The summed E-state index contributed by atoms with van der Waals surface area (Å²) in [6.07, 6.45) is 2.16. The van der Waals surface area contributed by atoms with E-state index >= 15 is 0 Å². The lowest BCUT2D eigenvalue weighted by Crippen LogP contribution is -2.28. The van der Waals surface area contributed by atoms with Crippen LogP contribution in [0.1, 0.15) is 45.0 Å². The molecule has 0 saturated heterocycles. The van der Waals surface area contributed by atoms with Crippen molar-refractivity contribution in [1.29, 1.82) is 0 Å². The van der Waals surface area contributed by atoms with Crippen LogP contribution in [-0.4, -0.2) is 5.84 Å². The van der Waals surface area contributed by atoms with E-state index in [0.717, 1.165) is 61.5 Å². The molecule has 0 radical (unpaired) electrons. The Kier molecular flexibility index (Phi) is 8.75. The molecule has 0 aromatic heterocycles. The summed E-state index contributed by atoms with van der Waals surface area (Å²) in [4.78, 5) is 5.17. The summed E-state index contributed by atoms with van der Waals surface area (Å²) in [6, 6.07) is 78.4. The van der Waals surface area contributed by atoms with Crippen molar-refractivity contribution in [2.45, 2.75) is 11.5 Å². The van der Waals surface area contributed by atoms with Crippen molar-refractivity contribution < 1.29 is 9.47 Å². The summed E-state index contributed by atoms with van der Waals surface area (Å²) < 4.78 is 13.9. The highest BCUT2D eigenvalue weighted by molar-refractivity contribution is 6.15. The number of para-hydroxylation sites is 1. The van der Waals surface area contributed by atoms with Crippen LogP contribution in [0.2, 0.25) is 0 Å². The molecule has 9 aromatic carbocycles. The first kappa shape index (κ1) is 36.6. The molecule has 0 amide bonds. The van der Waals surface area contributed by atoms with E-state index < -0.39 is 5.41 Å². The number of aliphatic imine (C=N–C) groups is 1. The van der Waals surface area contributed by atoms with Gasteiger partial charge in [-0.25, -0.2) is 0 Å².